The number of methoxy groups -OCH3 is 1. The van der Waals surface area contributed by atoms with Crippen LogP contribution < -0.4 is 14.4 Å². The lowest BCUT2D eigenvalue weighted by Gasteiger charge is -2.49. The second kappa shape index (κ2) is 8.87. The van der Waals surface area contributed by atoms with Crippen molar-refractivity contribution in [1.82, 2.24) is 14.9 Å². The van der Waals surface area contributed by atoms with E-state index in [0.29, 0.717) is 24.6 Å². The van der Waals surface area contributed by atoms with Crippen LogP contribution in [0.2, 0.25) is 0 Å². The number of aliphatic hydroxyl groups is 1. The fraction of sp³-hybridized carbons (Fsp3) is 0.500. The van der Waals surface area contributed by atoms with Crippen molar-refractivity contribution in [2.45, 2.75) is 25.4 Å². The lowest BCUT2D eigenvalue weighted by molar-refractivity contribution is -0.141. The first-order chi connectivity index (χ1) is 14.6. The lowest BCUT2D eigenvalue weighted by Crippen LogP contribution is -2.56. The normalized spacial score (nSPS) is 20.8. The summed E-state index contributed by atoms with van der Waals surface area (Å²) < 4.78 is 10.9. The highest BCUT2D eigenvalue weighted by Gasteiger charge is 2.43. The van der Waals surface area contributed by atoms with Crippen molar-refractivity contribution in [3.63, 3.8) is 0 Å². The summed E-state index contributed by atoms with van der Waals surface area (Å²) >= 11 is 0. The second-order valence-corrected chi connectivity index (χ2v) is 8.15. The monoisotopic (exact) mass is 412 g/mol. The standard InChI is InChI=1S/C22H28N4O4/c1-29-18-3-2-4-19(11-18)30-15-21(28)26-14-17(27)12-22(16-26)5-9-25(10-6-22)20-13-23-7-8-24-20/h2-4,7-8,11,13,17,27H,5-6,9-10,12,14-16H2,1H3. The number of rotatable bonds is 5. The SMILES string of the molecule is COc1cccc(OCC(=O)N2CC(O)CC3(CCN(c4cnccn4)CC3)C2)c1. The van der Waals surface area contributed by atoms with E-state index >= 15 is 0 Å². The molecule has 8 nitrogen and oxygen atoms in total. The Morgan fingerprint density at radius 3 is 2.80 bits per heavy atom. The van der Waals surface area contributed by atoms with E-state index in [1.54, 1.807) is 42.7 Å². The number of likely N-dealkylation sites (tertiary alicyclic amines) is 1. The molecule has 3 heterocycles. The topological polar surface area (TPSA) is 88.0 Å². The summed E-state index contributed by atoms with van der Waals surface area (Å²) in [5.74, 6) is 2.05. The molecule has 30 heavy (non-hydrogen) atoms. The molecule has 160 valence electrons. The van der Waals surface area contributed by atoms with Gasteiger partial charge in [-0.1, -0.05) is 6.07 Å². The van der Waals surface area contributed by atoms with Crippen LogP contribution in [0.4, 0.5) is 5.82 Å². The molecule has 4 rings (SSSR count). The lowest BCUT2D eigenvalue weighted by atomic mass is 9.71. The molecule has 1 atom stereocenters. The molecule has 2 saturated heterocycles. The van der Waals surface area contributed by atoms with Gasteiger partial charge in [0.05, 0.1) is 19.4 Å². The molecule has 2 fully saturated rings. The van der Waals surface area contributed by atoms with Crippen LogP contribution in [0.5, 0.6) is 11.5 Å². The minimum Gasteiger partial charge on any atom is -0.497 e. The first-order valence-corrected chi connectivity index (χ1v) is 10.3. The van der Waals surface area contributed by atoms with Crippen molar-refractivity contribution in [1.29, 1.82) is 0 Å². The minimum absolute atomic E-state index is 0.0539. The molecule has 0 saturated carbocycles. The first-order valence-electron chi connectivity index (χ1n) is 10.3. The zero-order valence-corrected chi connectivity index (χ0v) is 17.2. The molecule has 2 aliphatic rings. The highest BCUT2D eigenvalue weighted by Crippen LogP contribution is 2.40. The van der Waals surface area contributed by atoms with Crippen LogP contribution in [-0.2, 0) is 4.79 Å². The van der Waals surface area contributed by atoms with E-state index in [1.807, 2.05) is 12.1 Å². The summed E-state index contributed by atoms with van der Waals surface area (Å²) in [6.45, 7) is 2.64. The van der Waals surface area contributed by atoms with E-state index in [9.17, 15) is 9.90 Å². The third kappa shape index (κ3) is 4.64. The molecule has 1 aromatic carbocycles. The zero-order valence-electron chi connectivity index (χ0n) is 17.2. The van der Waals surface area contributed by atoms with E-state index in [-0.39, 0.29) is 17.9 Å². The molecule has 0 bridgehead atoms. The summed E-state index contributed by atoms with van der Waals surface area (Å²) in [6, 6.07) is 7.20. The minimum atomic E-state index is -0.511. The maximum Gasteiger partial charge on any atom is 0.260 e. The van der Waals surface area contributed by atoms with Crippen molar-refractivity contribution in [2.24, 2.45) is 5.41 Å². The largest absolute Gasteiger partial charge is 0.497 e. The molecule has 0 aliphatic carbocycles. The number of hydrogen-bond acceptors (Lipinski definition) is 7. The van der Waals surface area contributed by atoms with Gasteiger partial charge in [0, 0.05) is 44.6 Å². The van der Waals surface area contributed by atoms with E-state index in [2.05, 4.69) is 14.9 Å². The predicted molar refractivity (Wildman–Crippen MR) is 112 cm³/mol. The van der Waals surface area contributed by atoms with Crippen molar-refractivity contribution in [2.75, 3.05) is 44.8 Å². The highest BCUT2D eigenvalue weighted by molar-refractivity contribution is 5.78. The van der Waals surface area contributed by atoms with Crippen LogP contribution in [0.15, 0.2) is 42.9 Å². The third-order valence-corrected chi connectivity index (χ3v) is 6.08. The Morgan fingerprint density at radius 1 is 1.27 bits per heavy atom. The van der Waals surface area contributed by atoms with Crippen LogP contribution in [-0.4, -0.2) is 71.9 Å². The Labute approximate surface area is 176 Å². The van der Waals surface area contributed by atoms with Gasteiger partial charge in [-0.2, -0.15) is 0 Å². The van der Waals surface area contributed by atoms with E-state index in [1.165, 1.54) is 0 Å². The van der Waals surface area contributed by atoms with Gasteiger partial charge >= 0.3 is 0 Å². The van der Waals surface area contributed by atoms with Crippen molar-refractivity contribution in [3.8, 4) is 11.5 Å². The number of aromatic nitrogens is 2. The molecule has 1 spiro atoms. The summed E-state index contributed by atoms with van der Waals surface area (Å²) in [5, 5.41) is 10.5. The van der Waals surface area contributed by atoms with E-state index in [4.69, 9.17) is 9.47 Å². The Kier molecular flexibility index (Phi) is 6.03. The predicted octanol–water partition coefficient (Wildman–Crippen LogP) is 1.74. The summed E-state index contributed by atoms with van der Waals surface area (Å²) in [4.78, 5) is 25.3. The molecule has 1 N–H and O–H groups in total. The van der Waals surface area contributed by atoms with Gasteiger partial charge in [0.2, 0.25) is 0 Å². The van der Waals surface area contributed by atoms with Gasteiger partial charge in [0.15, 0.2) is 6.61 Å². The van der Waals surface area contributed by atoms with Crippen LogP contribution >= 0.6 is 0 Å². The molecule has 1 aromatic heterocycles. The number of amides is 1. The molecule has 1 amide bonds. The quantitative estimate of drug-likeness (QED) is 0.800. The van der Waals surface area contributed by atoms with E-state index < -0.39 is 6.10 Å². The molecular weight excluding hydrogens is 384 g/mol. The van der Waals surface area contributed by atoms with Crippen molar-refractivity contribution >= 4 is 11.7 Å². The number of benzene rings is 1. The summed E-state index contributed by atoms with van der Waals surface area (Å²) in [7, 11) is 1.59. The number of anilines is 1. The summed E-state index contributed by atoms with van der Waals surface area (Å²) in [6.07, 6.45) is 7.17. The Bertz CT molecular complexity index is 855. The third-order valence-electron chi connectivity index (χ3n) is 6.08. The maximum atomic E-state index is 12.8. The van der Waals surface area contributed by atoms with Crippen LogP contribution in [0.25, 0.3) is 0 Å². The number of piperidine rings is 2. The molecule has 8 heteroatoms. The van der Waals surface area contributed by atoms with Crippen molar-refractivity contribution in [3.05, 3.63) is 42.9 Å². The number of ether oxygens (including phenoxy) is 2. The van der Waals surface area contributed by atoms with Gasteiger partial charge in [-0.15, -0.1) is 0 Å². The van der Waals surface area contributed by atoms with Crippen molar-refractivity contribution < 1.29 is 19.4 Å². The molecular formula is C22H28N4O4. The van der Waals surface area contributed by atoms with Gasteiger partial charge in [-0.05, 0) is 36.8 Å². The van der Waals surface area contributed by atoms with Gasteiger partial charge in [-0.3, -0.25) is 9.78 Å². The highest BCUT2D eigenvalue weighted by atomic mass is 16.5. The van der Waals surface area contributed by atoms with Gasteiger partial charge < -0.3 is 24.4 Å². The number of aliphatic hydroxyl groups excluding tert-OH is 1. The first kappa shape index (κ1) is 20.4. The molecule has 1 unspecified atom stereocenters. The average Bonchev–Trinajstić information content (AvgIpc) is 2.78. The molecule has 0 radical (unpaired) electrons. The number of hydrogen-bond donors (Lipinski definition) is 1. The van der Waals surface area contributed by atoms with Crippen LogP contribution in [0.1, 0.15) is 19.3 Å². The second-order valence-electron chi connectivity index (χ2n) is 8.15. The molecule has 2 aromatic rings. The zero-order chi connectivity index (χ0) is 21.0. The van der Waals surface area contributed by atoms with Crippen LogP contribution in [0.3, 0.4) is 0 Å². The number of carbonyl (C=O) groups excluding carboxylic acids is 1. The van der Waals surface area contributed by atoms with Gasteiger partial charge in [-0.25, -0.2) is 4.98 Å². The Morgan fingerprint density at radius 2 is 2.07 bits per heavy atom. The Balaban J connectivity index is 1.35. The van der Waals surface area contributed by atoms with Crippen LogP contribution in [0, 0.1) is 5.41 Å². The number of β-amino-alcohol motifs (C(OH)–C–C–N with tert-alkyl or cyclic N) is 1. The fourth-order valence-electron chi connectivity index (χ4n) is 4.50. The van der Waals surface area contributed by atoms with Gasteiger partial charge in [0.25, 0.3) is 5.91 Å². The Hall–Kier alpha value is -2.87. The average molecular weight is 412 g/mol. The number of carbonyl (C=O) groups is 1. The van der Waals surface area contributed by atoms with E-state index in [0.717, 1.165) is 38.2 Å². The smallest absolute Gasteiger partial charge is 0.260 e. The fourth-order valence-corrected chi connectivity index (χ4v) is 4.50. The summed E-state index contributed by atoms with van der Waals surface area (Å²) in [5.41, 5.74) is -0.0675. The van der Waals surface area contributed by atoms with Gasteiger partial charge in [0.1, 0.15) is 17.3 Å². The molecule has 2 aliphatic heterocycles. The number of nitrogens with zero attached hydrogens (tertiary/aromatic N) is 4. The maximum absolute atomic E-state index is 12.8.